The number of hydrogen-bond acceptors (Lipinski definition) is 5. The van der Waals surface area contributed by atoms with Crippen molar-refractivity contribution in [3.63, 3.8) is 0 Å². The number of nitrogens with zero attached hydrogens (tertiary/aromatic N) is 2. The third-order valence-corrected chi connectivity index (χ3v) is 3.62. The minimum Gasteiger partial charge on any atom is -0.496 e. The number of anilines is 1. The first kappa shape index (κ1) is 14.3. The summed E-state index contributed by atoms with van der Waals surface area (Å²) in [5.41, 5.74) is 2.58. The molecule has 3 aromatic rings. The predicted molar refractivity (Wildman–Crippen MR) is 84.3 cm³/mol. The van der Waals surface area contributed by atoms with Crippen LogP contribution in [0.4, 0.5) is 5.69 Å². The van der Waals surface area contributed by atoms with Gasteiger partial charge in [-0.3, -0.25) is 4.72 Å². The maximum absolute atomic E-state index is 11.3. The van der Waals surface area contributed by atoms with Crippen molar-refractivity contribution >= 4 is 26.9 Å². The Hall–Kier alpha value is -2.61. The number of ether oxygens (including phenoxy) is 1. The average molecular weight is 318 g/mol. The van der Waals surface area contributed by atoms with Gasteiger partial charge in [0.1, 0.15) is 11.6 Å². The normalized spacial score (nSPS) is 11.5. The Labute approximate surface area is 127 Å². The van der Waals surface area contributed by atoms with E-state index in [0.29, 0.717) is 22.9 Å². The van der Waals surface area contributed by atoms with Crippen LogP contribution in [-0.4, -0.2) is 36.7 Å². The summed E-state index contributed by atoms with van der Waals surface area (Å²) < 4.78 is 30.3. The molecule has 2 aromatic heterocycles. The maximum Gasteiger partial charge on any atom is 0.229 e. The van der Waals surface area contributed by atoms with Crippen molar-refractivity contribution in [3.8, 4) is 17.1 Å². The van der Waals surface area contributed by atoms with Crippen LogP contribution in [0.5, 0.6) is 5.75 Å². The summed E-state index contributed by atoms with van der Waals surface area (Å²) in [6.45, 7) is 0. The molecule has 0 saturated carbocycles. The summed E-state index contributed by atoms with van der Waals surface area (Å²) in [5.74, 6) is 1.11. The van der Waals surface area contributed by atoms with E-state index in [4.69, 9.17) is 4.74 Å². The third kappa shape index (κ3) is 2.86. The molecule has 0 aliphatic carbocycles. The quantitative estimate of drug-likeness (QED) is 0.767. The molecule has 0 atom stereocenters. The molecular weight excluding hydrogens is 304 g/mol. The lowest BCUT2D eigenvalue weighted by molar-refractivity contribution is 0.416. The smallest absolute Gasteiger partial charge is 0.229 e. The van der Waals surface area contributed by atoms with Gasteiger partial charge < -0.3 is 9.72 Å². The molecule has 0 radical (unpaired) electrons. The number of H-pyrrole nitrogens is 1. The molecule has 0 spiro atoms. The lowest BCUT2D eigenvalue weighted by Gasteiger charge is -2.09. The molecule has 0 aliphatic rings. The van der Waals surface area contributed by atoms with E-state index in [9.17, 15) is 8.42 Å². The summed E-state index contributed by atoms with van der Waals surface area (Å²) in [6.07, 6.45) is 2.77. The van der Waals surface area contributed by atoms with E-state index in [1.807, 2.05) is 12.1 Å². The minimum absolute atomic E-state index is 0.428. The van der Waals surface area contributed by atoms with Crippen LogP contribution in [-0.2, 0) is 10.0 Å². The highest BCUT2D eigenvalue weighted by atomic mass is 32.2. The molecule has 1 aromatic carbocycles. The lowest BCUT2D eigenvalue weighted by Crippen LogP contribution is -2.09. The van der Waals surface area contributed by atoms with Gasteiger partial charge in [0.25, 0.3) is 0 Å². The van der Waals surface area contributed by atoms with Crippen molar-refractivity contribution in [3.05, 3.63) is 36.5 Å². The van der Waals surface area contributed by atoms with Crippen molar-refractivity contribution in [1.29, 1.82) is 0 Å². The topological polar surface area (TPSA) is 97.0 Å². The summed E-state index contributed by atoms with van der Waals surface area (Å²) in [6, 6.07) is 8.70. The fraction of sp³-hybridized carbons (Fsp3) is 0.143. The highest BCUT2D eigenvalue weighted by molar-refractivity contribution is 7.92. The van der Waals surface area contributed by atoms with E-state index in [2.05, 4.69) is 19.7 Å². The molecule has 0 aliphatic heterocycles. The Balaban J connectivity index is 2.06. The van der Waals surface area contributed by atoms with E-state index in [-0.39, 0.29) is 0 Å². The fourth-order valence-electron chi connectivity index (χ4n) is 2.14. The zero-order valence-corrected chi connectivity index (χ0v) is 12.8. The van der Waals surface area contributed by atoms with Crippen LogP contribution in [0.2, 0.25) is 0 Å². The van der Waals surface area contributed by atoms with Gasteiger partial charge in [0.2, 0.25) is 10.0 Å². The number of fused-ring (bicyclic) bond motifs is 1. The van der Waals surface area contributed by atoms with Crippen molar-refractivity contribution in [2.24, 2.45) is 0 Å². The molecule has 2 N–H and O–H groups in total. The van der Waals surface area contributed by atoms with Crippen molar-refractivity contribution < 1.29 is 13.2 Å². The Kier molecular flexibility index (Phi) is 3.45. The number of methoxy groups -OCH3 is 1. The first-order valence-corrected chi connectivity index (χ1v) is 8.32. The van der Waals surface area contributed by atoms with Gasteiger partial charge in [0.05, 0.1) is 30.1 Å². The minimum atomic E-state index is -3.34. The molecule has 0 bridgehead atoms. The van der Waals surface area contributed by atoms with Gasteiger partial charge in [0.15, 0.2) is 5.65 Å². The molecule has 0 saturated heterocycles. The van der Waals surface area contributed by atoms with Gasteiger partial charge in [-0.05, 0) is 24.3 Å². The summed E-state index contributed by atoms with van der Waals surface area (Å²) in [4.78, 5) is 11.7. The number of nitrogens with one attached hydrogen (secondary N) is 2. The first-order chi connectivity index (χ1) is 10.5. The number of hydrogen-bond donors (Lipinski definition) is 2. The fourth-order valence-corrected chi connectivity index (χ4v) is 2.69. The van der Waals surface area contributed by atoms with E-state index < -0.39 is 10.0 Å². The van der Waals surface area contributed by atoms with Crippen LogP contribution >= 0.6 is 0 Å². The Morgan fingerprint density at radius 3 is 2.77 bits per heavy atom. The Bertz CT molecular complexity index is 901. The molecule has 7 nitrogen and oxygen atoms in total. The lowest BCUT2D eigenvalue weighted by atomic mass is 10.1. The van der Waals surface area contributed by atoms with Crippen LogP contribution in [0.1, 0.15) is 0 Å². The highest BCUT2D eigenvalue weighted by Gasteiger charge is 2.13. The van der Waals surface area contributed by atoms with Crippen molar-refractivity contribution in [2.75, 3.05) is 18.1 Å². The number of benzene rings is 1. The summed E-state index contributed by atoms with van der Waals surface area (Å²) in [7, 11) is -1.82. The van der Waals surface area contributed by atoms with Crippen molar-refractivity contribution in [2.45, 2.75) is 0 Å². The number of sulfonamides is 1. The number of aromatic nitrogens is 3. The number of pyridine rings is 1. The summed E-state index contributed by atoms with van der Waals surface area (Å²) in [5, 5.41) is 0. The Morgan fingerprint density at radius 2 is 2.09 bits per heavy atom. The zero-order valence-electron chi connectivity index (χ0n) is 12.0. The largest absolute Gasteiger partial charge is 0.496 e. The summed E-state index contributed by atoms with van der Waals surface area (Å²) >= 11 is 0. The van der Waals surface area contributed by atoms with Gasteiger partial charge >= 0.3 is 0 Å². The van der Waals surface area contributed by atoms with E-state index >= 15 is 0 Å². The second kappa shape index (κ2) is 5.30. The van der Waals surface area contributed by atoms with Gasteiger partial charge in [-0.1, -0.05) is 0 Å². The number of aromatic amines is 1. The van der Waals surface area contributed by atoms with Crippen molar-refractivity contribution in [1.82, 2.24) is 15.0 Å². The molecule has 0 fully saturated rings. The Morgan fingerprint density at radius 1 is 1.27 bits per heavy atom. The van der Waals surface area contributed by atoms with E-state index in [1.54, 1.807) is 24.4 Å². The molecule has 0 amide bonds. The standard InChI is InChI=1S/C14H14N4O3S/c1-21-12-8-9(18-22(2,19)20)5-6-10(12)13-16-11-4-3-7-15-14(11)17-13/h3-8,18H,1-2H3,(H,15,16,17). The van der Waals surface area contributed by atoms with Crippen LogP contribution in [0.25, 0.3) is 22.6 Å². The zero-order chi connectivity index (χ0) is 15.7. The molecule has 2 heterocycles. The molecule has 3 rings (SSSR count). The van der Waals surface area contributed by atoms with Gasteiger partial charge in [-0.15, -0.1) is 0 Å². The van der Waals surface area contributed by atoms with Crippen LogP contribution in [0.15, 0.2) is 36.5 Å². The average Bonchev–Trinajstić information content (AvgIpc) is 2.89. The van der Waals surface area contributed by atoms with E-state index in [0.717, 1.165) is 17.3 Å². The second-order valence-corrected chi connectivity index (χ2v) is 6.50. The molecule has 114 valence electrons. The number of rotatable bonds is 4. The number of imidazole rings is 1. The predicted octanol–water partition coefficient (Wildman–Crippen LogP) is 2.00. The van der Waals surface area contributed by atoms with E-state index in [1.165, 1.54) is 7.11 Å². The van der Waals surface area contributed by atoms with Gasteiger partial charge in [-0.2, -0.15) is 0 Å². The van der Waals surface area contributed by atoms with Gasteiger partial charge in [0, 0.05) is 12.3 Å². The van der Waals surface area contributed by atoms with Crippen LogP contribution in [0.3, 0.4) is 0 Å². The molecule has 22 heavy (non-hydrogen) atoms. The molecular formula is C14H14N4O3S. The second-order valence-electron chi connectivity index (χ2n) is 4.75. The molecule has 8 heteroatoms. The maximum atomic E-state index is 11.3. The van der Waals surface area contributed by atoms with Gasteiger partial charge in [-0.25, -0.2) is 18.4 Å². The third-order valence-electron chi connectivity index (χ3n) is 3.02. The first-order valence-electron chi connectivity index (χ1n) is 6.43. The van der Waals surface area contributed by atoms with Crippen LogP contribution in [0, 0.1) is 0 Å². The SMILES string of the molecule is COc1cc(NS(C)(=O)=O)ccc1-c1nc2ncccc2[nH]1. The van der Waals surface area contributed by atoms with Crippen LogP contribution < -0.4 is 9.46 Å². The molecule has 0 unspecified atom stereocenters. The highest BCUT2D eigenvalue weighted by Crippen LogP contribution is 2.31. The monoisotopic (exact) mass is 318 g/mol.